The van der Waals surface area contributed by atoms with E-state index in [2.05, 4.69) is 273 Å². The topological polar surface area (TPSA) is 11.4 Å². The van der Waals surface area contributed by atoms with E-state index in [1.807, 2.05) is 0 Å². The molecule has 1 atom stereocenters. The van der Waals surface area contributed by atoms with Gasteiger partial charge in [-0.1, -0.05) is 134 Å². The zero-order valence-corrected chi connectivity index (χ0v) is 40.5. The maximum Gasteiger partial charge on any atom is 0.0542 e. The molecule has 11 aromatic rings. The van der Waals surface area contributed by atoms with E-state index < -0.39 is 0 Å². The summed E-state index contributed by atoms with van der Waals surface area (Å²) in [7, 11) is 0. The molecule has 0 amide bonds. The zero-order valence-electron chi connectivity index (χ0n) is 40.5. The molecule has 3 nitrogen and oxygen atoms in total. The summed E-state index contributed by atoms with van der Waals surface area (Å²) in [6, 6.07) is 75.9. The Hall–Kier alpha value is -8.40. The minimum Gasteiger partial charge on any atom is -0.310 e. The standard InChI is InChI=1S/C67H55N3/c1-44-19-18-20-50(37-44)67-62-40-47(4)45(2)38-60(62)66(61-39-46(3)48(5)41-63(61)67)49-29-31-55(32-30-49)70-64-35-33-56(68(51-21-10-6-11-22-51)52-23-12-7-13-24-52)42-58(64)59-43-57(34-36-65(59)70)69(53-25-14-8-15-26-53)54-27-16-9-17-28-54/h6-36,38-44H,37H2,1-5H3. The Bertz CT molecular complexity index is 3540. The molecule has 0 fully saturated rings. The van der Waals surface area contributed by atoms with Crippen molar-refractivity contribution in [3.8, 4) is 16.8 Å². The van der Waals surface area contributed by atoms with Crippen LogP contribution in [-0.4, -0.2) is 4.57 Å². The van der Waals surface area contributed by atoms with Crippen molar-refractivity contribution >= 4 is 83.0 Å². The van der Waals surface area contributed by atoms with Crippen LogP contribution >= 0.6 is 0 Å². The Morgan fingerprint density at radius 2 is 0.771 bits per heavy atom. The highest BCUT2D eigenvalue weighted by Gasteiger charge is 2.23. The molecule has 338 valence electrons. The lowest BCUT2D eigenvalue weighted by Gasteiger charge is -2.26. The van der Waals surface area contributed by atoms with E-state index in [-0.39, 0.29) is 0 Å². The molecule has 3 heteroatoms. The highest BCUT2D eigenvalue weighted by molar-refractivity contribution is 6.20. The normalized spacial score (nSPS) is 13.6. The van der Waals surface area contributed by atoms with Crippen LogP contribution in [-0.2, 0) is 0 Å². The molecule has 1 aliphatic carbocycles. The molecular formula is C67H55N3. The van der Waals surface area contributed by atoms with Crippen LogP contribution in [0.15, 0.2) is 224 Å². The average Bonchev–Trinajstić information content (AvgIpc) is 3.71. The largest absolute Gasteiger partial charge is 0.310 e. The molecule has 1 aliphatic rings. The van der Waals surface area contributed by atoms with E-state index >= 15 is 0 Å². The van der Waals surface area contributed by atoms with E-state index in [0.717, 1.165) is 57.3 Å². The van der Waals surface area contributed by atoms with Crippen molar-refractivity contribution in [3.05, 3.63) is 252 Å². The van der Waals surface area contributed by atoms with Crippen LogP contribution in [0.3, 0.4) is 0 Å². The first-order valence-electron chi connectivity index (χ1n) is 24.6. The number of allylic oxidation sites excluding steroid dienone is 4. The number of anilines is 6. The third-order valence-corrected chi connectivity index (χ3v) is 14.7. The fraction of sp³-hybridized carbons (Fsp3) is 0.104. The quantitative estimate of drug-likeness (QED) is 0.134. The number of aryl methyl sites for hydroxylation is 4. The summed E-state index contributed by atoms with van der Waals surface area (Å²) in [5.74, 6) is 0.493. The Balaban J connectivity index is 1.08. The number of hydrogen-bond donors (Lipinski definition) is 0. The first kappa shape index (κ1) is 42.9. The summed E-state index contributed by atoms with van der Waals surface area (Å²) in [6.45, 7) is 11.4. The molecule has 0 bridgehead atoms. The first-order valence-corrected chi connectivity index (χ1v) is 24.6. The number of nitrogens with zero attached hydrogens (tertiary/aromatic N) is 3. The van der Waals surface area contributed by atoms with Crippen molar-refractivity contribution in [2.24, 2.45) is 5.92 Å². The monoisotopic (exact) mass is 901 g/mol. The van der Waals surface area contributed by atoms with Crippen molar-refractivity contribution in [1.29, 1.82) is 0 Å². The van der Waals surface area contributed by atoms with Gasteiger partial charge in [0.2, 0.25) is 0 Å². The van der Waals surface area contributed by atoms with Gasteiger partial charge >= 0.3 is 0 Å². The van der Waals surface area contributed by atoms with Gasteiger partial charge in [-0.2, -0.15) is 0 Å². The van der Waals surface area contributed by atoms with E-state index in [0.29, 0.717) is 5.92 Å². The van der Waals surface area contributed by atoms with Crippen molar-refractivity contribution in [1.82, 2.24) is 4.57 Å². The minimum absolute atomic E-state index is 0.493. The molecule has 0 radical (unpaired) electrons. The van der Waals surface area contributed by atoms with Gasteiger partial charge in [0.25, 0.3) is 0 Å². The van der Waals surface area contributed by atoms with Gasteiger partial charge in [-0.05, 0) is 203 Å². The number of aromatic nitrogens is 1. The molecule has 1 aromatic heterocycles. The van der Waals surface area contributed by atoms with Crippen LogP contribution in [0.25, 0.3) is 65.7 Å². The molecule has 10 aromatic carbocycles. The van der Waals surface area contributed by atoms with Crippen LogP contribution in [0, 0.1) is 33.6 Å². The molecule has 1 heterocycles. The predicted molar refractivity (Wildman–Crippen MR) is 300 cm³/mol. The predicted octanol–water partition coefficient (Wildman–Crippen LogP) is 18.9. The summed E-state index contributed by atoms with van der Waals surface area (Å²) in [6.07, 6.45) is 7.98. The first-order chi connectivity index (χ1) is 34.3. The molecule has 1 unspecified atom stereocenters. The van der Waals surface area contributed by atoms with Crippen molar-refractivity contribution in [3.63, 3.8) is 0 Å². The van der Waals surface area contributed by atoms with Gasteiger partial charge in [0.1, 0.15) is 0 Å². The number of hydrogen-bond acceptors (Lipinski definition) is 2. The van der Waals surface area contributed by atoms with Gasteiger partial charge in [-0.15, -0.1) is 0 Å². The second-order valence-electron chi connectivity index (χ2n) is 19.3. The SMILES string of the molecule is Cc1cc2c(C3=CC=CC(C)C3)c3cc(C)c(C)cc3c(-c3ccc(-n4c5ccc(N(c6ccccc6)c6ccccc6)cc5c5cc(N(c6ccccc6)c6ccccc6)ccc54)cc3)c2cc1C. The Morgan fingerprint density at radius 3 is 1.16 bits per heavy atom. The molecule has 0 spiro atoms. The van der Waals surface area contributed by atoms with Crippen LogP contribution in [0.5, 0.6) is 0 Å². The lowest BCUT2D eigenvalue weighted by atomic mass is 9.80. The van der Waals surface area contributed by atoms with E-state index in [4.69, 9.17) is 0 Å². The summed E-state index contributed by atoms with van der Waals surface area (Å²) in [5, 5.41) is 7.65. The fourth-order valence-corrected chi connectivity index (χ4v) is 11.0. The molecule has 0 aliphatic heterocycles. The average molecular weight is 902 g/mol. The Labute approximate surface area is 411 Å². The number of benzene rings is 10. The summed E-state index contributed by atoms with van der Waals surface area (Å²) in [4.78, 5) is 4.71. The van der Waals surface area contributed by atoms with Gasteiger partial charge in [-0.25, -0.2) is 0 Å². The molecular weight excluding hydrogens is 847 g/mol. The van der Waals surface area contributed by atoms with Gasteiger partial charge in [-0.3, -0.25) is 0 Å². The van der Waals surface area contributed by atoms with E-state index in [1.165, 1.54) is 76.8 Å². The lowest BCUT2D eigenvalue weighted by molar-refractivity contribution is 0.750. The summed E-state index contributed by atoms with van der Waals surface area (Å²) < 4.78 is 2.46. The third-order valence-electron chi connectivity index (χ3n) is 14.7. The Kier molecular flexibility index (Phi) is 10.8. The van der Waals surface area contributed by atoms with Crippen molar-refractivity contribution in [2.45, 2.75) is 41.0 Å². The van der Waals surface area contributed by atoms with Crippen molar-refractivity contribution in [2.75, 3.05) is 9.80 Å². The van der Waals surface area contributed by atoms with Gasteiger partial charge in [0, 0.05) is 50.6 Å². The smallest absolute Gasteiger partial charge is 0.0542 e. The fourth-order valence-electron chi connectivity index (χ4n) is 11.0. The van der Waals surface area contributed by atoms with E-state index in [9.17, 15) is 0 Å². The van der Waals surface area contributed by atoms with Crippen LogP contribution in [0.1, 0.15) is 41.2 Å². The van der Waals surface area contributed by atoms with Crippen LogP contribution < -0.4 is 9.80 Å². The lowest BCUT2D eigenvalue weighted by Crippen LogP contribution is -2.09. The van der Waals surface area contributed by atoms with Gasteiger partial charge < -0.3 is 14.4 Å². The minimum atomic E-state index is 0.493. The maximum absolute atomic E-state index is 2.46. The molecule has 12 rings (SSSR count). The van der Waals surface area contributed by atoms with Crippen molar-refractivity contribution < 1.29 is 0 Å². The zero-order chi connectivity index (χ0) is 47.5. The molecule has 0 saturated carbocycles. The van der Waals surface area contributed by atoms with Crippen LogP contribution in [0.2, 0.25) is 0 Å². The molecule has 0 saturated heterocycles. The number of para-hydroxylation sites is 4. The molecule has 70 heavy (non-hydrogen) atoms. The van der Waals surface area contributed by atoms with Gasteiger partial charge in [0.15, 0.2) is 0 Å². The Morgan fingerprint density at radius 1 is 0.386 bits per heavy atom. The molecule has 0 N–H and O–H groups in total. The second-order valence-corrected chi connectivity index (χ2v) is 19.3. The summed E-state index contributed by atoms with van der Waals surface area (Å²) >= 11 is 0. The van der Waals surface area contributed by atoms with Crippen LogP contribution in [0.4, 0.5) is 34.1 Å². The summed E-state index contributed by atoms with van der Waals surface area (Å²) in [5.41, 5.74) is 20.6. The highest BCUT2D eigenvalue weighted by atomic mass is 15.1. The maximum atomic E-state index is 2.46. The highest BCUT2D eigenvalue weighted by Crippen LogP contribution is 2.47. The third kappa shape index (κ3) is 7.46. The second kappa shape index (κ2) is 17.6. The number of fused-ring (bicyclic) bond motifs is 5. The number of rotatable bonds is 9. The van der Waals surface area contributed by atoms with Gasteiger partial charge in [0.05, 0.1) is 11.0 Å². The van der Waals surface area contributed by atoms with E-state index in [1.54, 1.807) is 0 Å².